The fourth-order valence-electron chi connectivity index (χ4n) is 2.94. The Balaban J connectivity index is 1.27. The Labute approximate surface area is 181 Å². The van der Waals surface area contributed by atoms with Gasteiger partial charge in [0, 0.05) is 30.2 Å². The molecule has 3 aromatic rings. The van der Waals surface area contributed by atoms with E-state index in [4.69, 9.17) is 9.47 Å². The van der Waals surface area contributed by atoms with Crippen LogP contribution in [0.1, 0.15) is 10.4 Å². The van der Waals surface area contributed by atoms with Crippen LogP contribution in [-0.4, -0.2) is 54.8 Å². The monoisotopic (exact) mass is 442 g/mol. The van der Waals surface area contributed by atoms with Crippen molar-refractivity contribution in [2.45, 2.75) is 0 Å². The molecule has 0 saturated carbocycles. The number of benzene rings is 1. The average molecular weight is 442 g/mol. The van der Waals surface area contributed by atoms with Crippen molar-refractivity contribution >= 4 is 34.2 Å². The highest BCUT2D eigenvalue weighted by atomic mass is 32.1. The maximum atomic E-state index is 13.0. The highest BCUT2D eigenvalue weighted by Crippen LogP contribution is 2.25. The molecule has 0 radical (unpaired) electrons. The number of nitrogens with zero attached hydrogens (tertiary/aromatic N) is 3. The highest BCUT2D eigenvalue weighted by molar-refractivity contribution is 7.14. The smallest absolute Gasteiger partial charge is 0.340 e. The second-order valence-electron chi connectivity index (χ2n) is 6.67. The number of rotatable bonds is 6. The number of hydrogen-bond acceptors (Lipinski definition) is 8. The molecule has 1 N–H and O–H groups in total. The van der Waals surface area contributed by atoms with Gasteiger partial charge in [-0.2, -0.15) is 0 Å². The number of esters is 1. The molecule has 0 bridgehead atoms. The molecule has 0 unspecified atom stereocenters. The summed E-state index contributed by atoms with van der Waals surface area (Å²) >= 11 is 1.22. The molecule has 0 aliphatic carbocycles. The molecule has 1 amide bonds. The number of halogens is 1. The molecule has 2 aromatic heterocycles. The zero-order chi connectivity index (χ0) is 21.6. The first-order chi connectivity index (χ1) is 15.1. The number of pyridine rings is 1. The van der Waals surface area contributed by atoms with Gasteiger partial charge in [-0.25, -0.2) is 19.2 Å². The number of carbonyl (C=O) groups excluding carboxylic acids is 2. The maximum absolute atomic E-state index is 13.0. The van der Waals surface area contributed by atoms with E-state index >= 15 is 0 Å². The van der Waals surface area contributed by atoms with Gasteiger partial charge in [0.25, 0.3) is 5.91 Å². The van der Waals surface area contributed by atoms with Crippen LogP contribution in [0.15, 0.2) is 48.0 Å². The lowest BCUT2D eigenvalue weighted by Gasteiger charge is -2.27. The molecule has 160 valence electrons. The zero-order valence-electron chi connectivity index (χ0n) is 16.4. The van der Waals surface area contributed by atoms with E-state index in [1.54, 1.807) is 29.6 Å². The predicted molar refractivity (Wildman–Crippen MR) is 114 cm³/mol. The summed E-state index contributed by atoms with van der Waals surface area (Å²) in [6.07, 6.45) is 1.43. The summed E-state index contributed by atoms with van der Waals surface area (Å²) in [6.45, 7) is 2.33. The second-order valence-corrected chi connectivity index (χ2v) is 7.53. The molecular weight excluding hydrogens is 423 g/mol. The Bertz CT molecular complexity index is 1050. The van der Waals surface area contributed by atoms with E-state index in [0.717, 1.165) is 24.5 Å². The number of thiazole rings is 1. The lowest BCUT2D eigenvalue weighted by molar-refractivity contribution is -0.119. The van der Waals surface area contributed by atoms with Crippen LogP contribution in [-0.2, 0) is 14.3 Å². The van der Waals surface area contributed by atoms with E-state index in [-0.39, 0.29) is 11.4 Å². The van der Waals surface area contributed by atoms with Gasteiger partial charge in [-0.15, -0.1) is 11.3 Å². The molecule has 1 aromatic carbocycles. The third-order valence-corrected chi connectivity index (χ3v) is 5.30. The van der Waals surface area contributed by atoms with Gasteiger partial charge >= 0.3 is 5.97 Å². The van der Waals surface area contributed by atoms with Crippen LogP contribution in [0, 0.1) is 5.82 Å². The quantitative estimate of drug-likeness (QED) is 0.587. The zero-order valence-corrected chi connectivity index (χ0v) is 17.2. The standard InChI is InChI=1S/C21H19FN4O4S/c22-16-4-1-14(2-5-16)17-13-31-21(24-17)25-19(27)12-30-20(28)15-3-6-18(23-11-15)26-7-9-29-10-8-26/h1-6,11,13H,7-10,12H2,(H,24,25,27). The molecule has 31 heavy (non-hydrogen) atoms. The van der Waals surface area contributed by atoms with E-state index < -0.39 is 18.5 Å². The Morgan fingerprint density at radius 3 is 2.65 bits per heavy atom. The van der Waals surface area contributed by atoms with Gasteiger partial charge < -0.3 is 14.4 Å². The molecule has 0 atom stereocenters. The SMILES string of the molecule is O=C(COC(=O)c1ccc(N2CCOCC2)nc1)Nc1nc(-c2ccc(F)cc2)cs1. The number of carbonyl (C=O) groups is 2. The molecule has 10 heteroatoms. The summed E-state index contributed by atoms with van der Waals surface area (Å²) in [5.41, 5.74) is 1.61. The fourth-order valence-corrected chi connectivity index (χ4v) is 3.68. The van der Waals surface area contributed by atoms with Gasteiger partial charge in [-0.1, -0.05) is 0 Å². The number of aromatic nitrogens is 2. The Hall–Kier alpha value is -3.37. The molecular formula is C21H19FN4O4S. The van der Waals surface area contributed by atoms with E-state index in [0.29, 0.717) is 24.0 Å². The summed E-state index contributed by atoms with van der Waals surface area (Å²) < 4.78 is 23.4. The number of anilines is 2. The van der Waals surface area contributed by atoms with Crippen molar-refractivity contribution in [2.75, 3.05) is 43.1 Å². The van der Waals surface area contributed by atoms with E-state index in [1.807, 2.05) is 0 Å². The lowest BCUT2D eigenvalue weighted by Crippen LogP contribution is -2.36. The molecule has 8 nitrogen and oxygen atoms in total. The molecule has 1 aliphatic heterocycles. The van der Waals surface area contributed by atoms with Gasteiger partial charge in [0.05, 0.1) is 24.5 Å². The van der Waals surface area contributed by atoms with Gasteiger partial charge in [-0.05, 0) is 36.4 Å². The number of amides is 1. The van der Waals surface area contributed by atoms with E-state index in [1.165, 1.54) is 29.7 Å². The predicted octanol–water partition coefficient (Wildman–Crippen LogP) is 2.98. The number of hydrogen-bond donors (Lipinski definition) is 1. The number of morpholine rings is 1. The second kappa shape index (κ2) is 9.63. The normalized spacial score (nSPS) is 13.6. The first kappa shape index (κ1) is 20.9. The van der Waals surface area contributed by atoms with Crippen LogP contribution in [0.3, 0.4) is 0 Å². The lowest BCUT2D eigenvalue weighted by atomic mass is 10.2. The van der Waals surface area contributed by atoms with Crippen molar-refractivity contribution in [1.29, 1.82) is 0 Å². The third kappa shape index (κ3) is 5.41. The Morgan fingerprint density at radius 2 is 1.94 bits per heavy atom. The summed E-state index contributed by atoms with van der Waals surface area (Å²) in [5.74, 6) is -0.716. The average Bonchev–Trinajstić information content (AvgIpc) is 3.27. The van der Waals surface area contributed by atoms with Crippen molar-refractivity contribution < 1.29 is 23.5 Å². The number of ether oxygens (including phenoxy) is 2. The van der Waals surface area contributed by atoms with Gasteiger partial charge in [-0.3, -0.25) is 10.1 Å². The minimum Gasteiger partial charge on any atom is -0.452 e. The van der Waals surface area contributed by atoms with Gasteiger partial charge in [0.15, 0.2) is 11.7 Å². The van der Waals surface area contributed by atoms with Crippen molar-refractivity contribution in [3.63, 3.8) is 0 Å². The van der Waals surface area contributed by atoms with E-state index in [9.17, 15) is 14.0 Å². The molecule has 1 saturated heterocycles. The van der Waals surface area contributed by atoms with Crippen LogP contribution >= 0.6 is 11.3 Å². The van der Waals surface area contributed by atoms with E-state index in [2.05, 4.69) is 20.2 Å². The van der Waals surface area contributed by atoms with Crippen LogP contribution in [0.25, 0.3) is 11.3 Å². The molecule has 1 aliphatic rings. The van der Waals surface area contributed by atoms with Crippen molar-refractivity contribution in [2.24, 2.45) is 0 Å². The van der Waals surface area contributed by atoms with Crippen LogP contribution in [0.4, 0.5) is 15.3 Å². The van der Waals surface area contributed by atoms with Crippen molar-refractivity contribution in [3.05, 3.63) is 59.4 Å². The third-order valence-electron chi connectivity index (χ3n) is 4.54. The summed E-state index contributed by atoms with van der Waals surface area (Å²) in [6, 6.07) is 9.26. The largest absolute Gasteiger partial charge is 0.452 e. The van der Waals surface area contributed by atoms with Crippen molar-refractivity contribution in [3.8, 4) is 11.3 Å². The maximum Gasteiger partial charge on any atom is 0.340 e. The fraction of sp³-hybridized carbons (Fsp3) is 0.238. The summed E-state index contributed by atoms with van der Waals surface area (Å²) in [4.78, 5) is 34.9. The topological polar surface area (TPSA) is 93.7 Å². The first-order valence-electron chi connectivity index (χ1n) is 9.56. The Kier molecular flexibility index (Phi) is 6.48. The number of nitrogens with one attached hydrogen (secondary N) is 1. The minimum atomic E-state index is -0.637. The molecule has 1 fully saturated rings. The van der Waals surface area contributed by atoms with Crippen molar-refractivity contribution in [1.82, 2.24) is 9.97 Å². The summed E-state index contributed by atoms with van der Waals surface area (Å²) in [5, 5.41) is 4.69. The molecule has 4 rings (SSSR count). The van der Waals surface area contributed by atoms with Crippen LogP contribution in [0.2, 0.25) is 0 Å². The van der Waals surface area contributed by atoms with Gasteiger partial charge in [0.1, 0.15) is 11.6 Å². The Morgan fingerprint density at radius 1 is 1.16 bits per heavy atom. The first-order valence-corrected chi connectivity index (χ1v) is 10.4. The van der Waals surface area contributed by atoms with Crippen LogP contribution < -0.4 is 10.2 Å². The minimum absolute atomic E-state index is 0.262. The van der Waals surface area contributed by atoms with Gasteiger partial charge in [0.2, 0.25) is 0 Å². The highest BCUT2D eigenvalue weighted by Gasteiger charge is 2.15. The summed E-state index contributed by atoms with van der Waals surface area (Å²) in [7, 11) is 0. The molecule has 3 heterocycles. The molecule has 0 spiro atoms. The van der Waals surface area contributed by atoms with Crippen LogP contribution in [0.5, 0.6) is 0 Å².